The van der Waals surface area contributed by atoms with Crippen LogP contribution in [-0.2, 0) is 6.54 Å². The van der Waals surface area contributed by atoms with Crippen molar-refractivity contribution >= 4 is 45.0 Å². The molecular formula is C31H28BrN7O. The molecule has 1 aliphatic carbocycles. The summed E-state index contributed by atoms with van der Waals surface area (Å²) in [5, 5.41) is 2.97. The molecule has 1 unspecified atom stereocenters. The zero-order chi connectivity index (χ0) is 27.6. The van der Waals surface area contributed by atoms with Crippen LogP contribution in [0.2, 0.25) is 0 Å². The van der Waals surface area contributed by atoms with E-state index in [-0.39, 0.29) is 12.1 Å². The fourth-order valence-electron chi connectivity index (χ4n) is 5.51. The quantitative estimate of drug-likeness (QED) is 0.278. The number of nitrogens with one attached hydrogen (secondary N) is 1. The summed E-state index contributed by atoms with van der Waals surface area (Å²) in [7, 11) is 0. The number of imidazole rings is 1. The number of fused-ring (bicyclic) bond motifs is 2. The summed E-state index contributed by atoms with van der Waals surface area (Å²) in [5.41, 5.74) is 6.98. The number of halogens is 1. The van der Waals surface area contributed by atoms with Crippen LogP contribution >= 0.6 is 15.9 Å². The summed E-state index contributed by atoms with van der Waals surface area (Å²) >= 11 is 3.63. The van der Waals surface area contributed by atoms with Gasteiger partial charge in [0, 0.05) is 61.5 Å². The highest BCUT2D eigenvalue weighted by Crippen LogP contribution is 2.40. The second-order valence-electron chi connectivity index (χ2n) is 10.0. The number of carbonyl (C=O) groups excluding carboxylic acids is 1. The second-order valence-corrected chi connectivity index (χ2v) is 10.9. The third kappa shape index (κ3) is 5.16. The van der Waals surface area contributed by atoms with E-state index in [1.54, 1.807) is 24.3 Å². The summed E-state index contributed by atoms with van der Waals surface area (Å²) in [4.78, 5) is 30.1. The van der Waals surface area contributed by atoms with Crippen molar-refractivity contribution in [2.24, 2.45) is 0 Å². The molecule has 2 aromatic carbocycles. The van der Waals surface area contributed by atoms with Gasteiger partial charge in [0.05, 0.1) is 18.3 Å². The van der Waals surface area contributed by atoms with E-state index in [1.165, 1.54) is 16.7 Å². The summed E-state index contributed by atoms with van der Waals surface area (Å²) in [5.74, 6) is 0.975. The van der Waals surface area contributed by atoms with Gasteiger partial charge in [-0.25, -0.2) is 14.6 Å². The Morgan fingerprint density at radius 3 is 2.60 bits per heavy atom. The molecule has 1 aliphatic heterocycles. The average Bonchev–Trinajstić information content (AvgIpc) is 3.32. The fraction of sp³-hybridized carbons (Fsp3) is 0.226. The maximum atomic E-state index is 13.0. The molecule has 6 rings (SSSR count). The lowest BCUT2D eigenvalue weighted by molar-refractivity contribution is 0.125. The molecule has 3 heterocycles. The van der Waals surface area contributed by atoms with Crippen LogP contribution in [0.3, 0.4) is 0 Å². The van der Waals surface area contributed by atoms with E-state index in [4.69, 9.17) is 11.6 Å². The Morgan fingerprint density at radius 1 is 1.10 bits per heavy atom. The smallest absolute Gasteiger partial charge is 0.321 e. The summed E-state index contributed by atoms with van der Waals surface area (Å²) in [6.45, 7) is 12.5. The van der Waals surface area contributed by atoms with Crippen molar-refractivity contribution in [1.82, 2.24) is 24.3 Å². The topological polar surface area (TPSA) is 70.7 Å². The Balaban J connectivity index is 1.27. The molecule has 40 heavy (non-hydrogen) atoms. The lowest BCUT2D eigenvalue weighted by atomic mass is 9.93. The summed E-state index contributed by atoms with van der Waals surface area (Å²) in [6.07, 6.45) is 7.99. The third-order valence-corrected chi connectivity index (χ3v) is 8.02. The van der Waals surface area contributed by atoms with E-state index in [9.17, 15) is 4.79 Å². The number of allylic oxidation sites excluding steroid dienone is 1. The largest absolute Gasteiger partial charge is 0.331 e. The van der Waals surface area contributed by atoms with E-state index in [0.717, 1.165) is 34.6 Å². The van der Waals surface area contributed by atoms with Gasteiger partial charge in [-0.15, -0.1) is 0 Å². The summed E-state index contributed by atoms with van der Waals surface area (Å²) in [6, 6.07) is 17.5. The van der Waals surface area contributed by atoms with Crippen molar-refractivity contribution in [1.29, 1.82) is 0 Å². The molecule has 9 heteroatoms. The van der Waals surface area contributed by atoms with E-state index in [0.29, 0.717) is 31.0 Å². The fourth-order valence-corrected chi connectivity index (χ4v) is 5.86. The first-order chi connectivity index (χ1) is 19.5. The highest BCUT2D eigenvalue weighted by molar-refractivity contribution is 9.10. The number of carbonyl (C=O) groups is 1. The molecule has 1 saturated heterocycles. The Kier molecular flexibility index (Phi) is 7.20. The Labute approximate surface area is 241 Å². The summed E-state index contributed by atoms with van der Waals surface area (Å²) < 4.78 is 3.11. The van der Waals surface area contributed by atoms with Gasteiger partial charge in [-0.2, -0.15) is 0 Å². The van der Waals surface area contributed by atoms with Crippen LogP contribution in [0.15, 0.2) is 77.7 Å². The molecule has 2 aliphatic rings. The number of pyridine rings is 1. The molecule has 0 spiro atoms. The minimum Gasteiger partial charge on any atom is -0.331 e. The number of aryl methyl sites for hydroxylation is 1. The van der Waals surface area contributed by atoms with Crippen LogP contribution in [0.1, 0.15) is 34.3 Å². The lowest BCUT2D eigenvalue weighted by Gasteiger charge is -2.39. The van der Waals surface area contributed by atoms with E-state index in [1.807, 2.05) is 30.4 Å². The SMILES string of the molecule is [C-]#[N+]c1ccc(NC(=O)N2CCN(C3c4ccccc4C(Cn4ccnc4C)=Cc4cc(Br)cnc43)CC2)cc1. The van der Waals surface area contributed by atoms with Crippen LogP contribution < -0.4 is 5.32 Å². The second kappa shape index (κ2) is 11.1. The molecule has 8 nitrogen and oxygen atoms in total. The van der Waals surface area contributed by atoms with Crippen molar-refractivity contribution in [3.63, 3.8) is 0 Å². The number of rotatable bonds is 4. The van der Waals surface area contributed by atoms with Gasteiger partial charge in [-0.3, -0.25) is 9.88 Å². The molecule has 0 bridgehead atoms. The van der Waals surface area contributed by atoms with Crippen LogP contribution in [0, 0.1) is 13.5 Å². The van der Waals surface area contributed by atoms with Gasteiger partial charge in [0.1, 0.15) is 5.82 Å². The minimum absolute atomic E-state index is 0.0386. The van der Waals surface area contributed by atoms with Gasteiger partial charge in [0.15, 0.2) is 5.69 Å². The highest BCUT2D eigenvalue weighted by atomic mass is 79.9. The number of aromatic nitrogens is 3. The van der Waals surface area contributed by atoms with Crippen LogP contribution in [0.5, 0.6) is 0 Å². The maximum absolute atomic E-state index is 13.0. The first-order valence-electron chi connectivity index (χ1n) is 13.2. The zero-order valence-electron chi connectivity index (χ0n) is 22.1. The predicted octanol–water partition coefficient (Wildman–Crippen LogP) is 6.39. The normalized spacial score (nSPS) is 16.8. The highest BCUT2D eigenvalue weighted by Gasteiger charge is 2.33. The van der Waals surface area contributed by atoms with E-state index < -0.39 is 0 Å². The standard InChI is InChI=1S/C31H28BrN7O/c1-21-34-11-12-39(21)20-23-17-22-18-24(32)19-35-29(22)30(28-6-4-3-5-27(23)28)37-13-15-38(16-14-37)31(40)36-26-9-7-25(33-2)8-10-26/h3-12,17-19,30H,13-16,20H2,1H3,(H,36,40). The number of anilines is 1. The Bertz CT molecular complexity index is 1630. The number of urea groups is 1. The maximum Gasteiger partial charge on any atom is 0.321 e. The van der Waals surface area contributed by atoms with Crippen molar-refractivity contribution in [2.75, 3.05) is 31.5 Å². The van der Waals surface area contributed by atoms with Gasteiger partial charge in [-0.1, -0.05) is 36.4 Å². The van der Waals surface area contributed by atoms with E-state index >= 15 is 0 Å². The first-order valence-corrected chi connectivity index (χ1v) is 14.0. The van der Waals surface area contributed by atoms with E-state index in [2.05, 4.69) is 77.0 Å². The van der Waals surface area contributed by atoms with Crippen molar-refractivity contribution in [3.8, 4) is 0 Å². The van der Waals surface area contributed by atoms with Gasteiger partial charge in [0.25, 0.3) is 0 Å². The molecule has 1 atom stereocenters. The number of nitrogens with zero attached hydrogens (tertiary/aromatic N) is 6. The zero-order valence-corrected chi connectivity index (χ0v) is 23.7. The lowest BCUT2D eigenvalue weighted by Crippen LogP contribution is -2.51. The number of amides is 2. The third-order valence-electron chi connectivity index (χ3n) is 7.58. The Morgan fingerprint density at radius 2 is 1.88 bits per heavy atom. The molecule has 1 N–H and O–H groups in total. The van der Waals surface area contributed by atoms with Gasteiger partial charge in [0.2, 0.25) is 0 Å². The molecule has 4 aromatic rings. The first kappa shape index (κ1) is 26.0. The van der Waals surface area contributed by atoms with Gasteiger partial charge >= 0.3 is 6.03 Å². The van der Waals surface area contributed by atoms with Crippen molar-refractivity contribution < 1.29 is 4.79 Å². The molecule has 2 amide bonds. The average molecular weight is 595 g/mol. The number of piperazine rings is 1. The van der Waals surface area contributed by atoms with Crippen LogP contribution in [0.4, 0.5) is 16.2 Å². The molecule has 0 saturated carbocycles. The van der Waals surface area contributed by atoms with Crippen molar-refractivity contribution in [2.45, 2.75) is 19.5 Å². The van der Waals surface area contributed by atoms with Crippen molar-refractivity contribution in [3.05, 3.63) is 117 Å². The van der Waals surface area contributed by atoms with Gasteiger partial charge < -0.3 is 14.8 Å². The number of hydrogen-bond acceptors (Lipinski definition) is 4. The monoisotopic (exact) mass is 593 g/mol. The number of benzene rings is 2. The van der Waals surface area contributed by atoms with Gasteiger partial charge in [-0.05, 0) is 69.4 Å². The predicted molar refractivity (Wildman–Crippen MR) is 160 cm³/mol. The van der Waals surface area contributed by atoms with Crippen LogP contribution in [0.25, 0.3) is 16.5 Å². The minimum atomic E-state index is -0.126. The Hall–Kier alpha value is -4.26. The molecular weight excluding hydrogens is 566 g/mol. The molecule has 200 valence electrons. The molecule has 1 fully saturated rings. The number of hydrogen-bond donors (Lipinski definition) is 1. The molecule has 0 radical (unpaired) electrons. The molecule has 2 aromatic heterocycles. The van der Waals surface area contributed by atoms with Crippen LogP contribution in [-0.4, -0.2) is 56.5 Å².